The highest BCUT2D eigenvalue weighted by Gasteiger charge is 2.30. The van der Waals surface area contributed by atoms with E-state index in [1.54, 1.807) is 43.3 Å². The van der Waals surface area contributed by atoms with Crippen molar-refractivity contribution in [1.82, 2.24) is 10.2 Å². The molecule has 0 aliphatic carbocycles. The van der Waals surface area contributed by atoms with Crippen LogP contribution in [0.5, 0.6) is 5.75 Å². The zero-order valence-electron chi connectivity index (χ0n) is 22.3. The van der Waals surface area contributed by atoms with Gasteiger partial charge in [0.25, 0.3) is 0 Å². The molecule has 39 heavy (non-hydrogen) atoms. The highest BCUT2D eigenvalue weighted by molar-refractivity contribution is 7.92. The average molecular weight is 572 g/mol. The molecule has 1 unspecified atom stereocenters. The van der Waals surface area contributed by atoms with Crippen molar-refractivity contribution < 1.29 is 22.7 Å². The van der Waals surface area contributed by atoms with E-state index in [0.29, 0.717) is 22.9 Å². The quantitative estimate of drug-likeness (QED) is 0.330. The molecule has 0 bridgehead atoms. The highest BCUT2D eigenvalue weighted by Crippen LogP contribution is 2.23. The molecular formula is C29H34ClN3O5S. The molecule has 3 rings (SSSR count). The minimum absolute atomic E-state index is 0.0405. The summed E-state index contributed by atoms with van der Waals surface area (Å²) in [6.07, 6.45) is 1.73. The maximum absolute atomic E-state index is 13.7. The number of ether oxygens (including phenoxy) is 1. The number of carbonyl (C=O) groups is 2. The molecule has 0 aliphatic rings. The van der Waals surface area contributed by atoms with Gasteiger partial charge in [-0.1, -0.05) is 60.1 Å². The Morgan fingerprint density at radius 1 is 0.974 bits per heavy atom. The van der Waals surface area contributed by atoms with E-state index in [2.05, 4.69) is 5.32 Å². The molecule has 0 radical (unpaired) electrons. The summed E-state index contributed by atoms with van der Waals surface area (Å²) >= 11 is 6.08. The number of carbonyl (C=O) groups excluding carboxylic acids is 2. The summed E-state index contributed by atoms with van der Waals surface area (Å²) in [5, 5.41) is 3.11. The lowest BCUT2D eigenvalue weighted by Crippen LogP contribution is -2.49. The second-order valence-electron chi connectivity index (χ2n) is 9.11. The van der Waals surface area contributed by atoms with E-state index in [0.717, 1.165) is 17.4 Å². The number of halogens is 1. The molecule has 0 spiro atoms. The van der Waals surface area contributed by atoms with Gasteiger partial charge < -0.3 is 15.0 Å². The van der Waals surface area contributed by atoms with Gasteiger partial charge in [0.05, 0.1) is 19.1 Å². The standard InChI is InChI=1S/C29H34ClN3O5S/c1-31-29(35)27(19-22-10-5-4-6-11-22)32(21-23-12-7-15-26(18-23)38-2)28(34)16-9-17-33(39(3,36)37)25-14-8-13-24(30)20-25/h4-8,10-15,18,20,27H,9,16-17,19,21H2,1-3H3,(H,31,35). The molecule has 8 nitrogen and oxygen atoms in total. The number of nitrogens with zero attached hydrogens (tertiary/aromatic N) is 2. The van der Waals surface area contributed by atoms with Crippen molar-refractivity contribution in [3.63, 3.8) is 0 Å². The number of anilines is 1. The fourth-order valence-electron chi connectivity index (χ4n) is 4.32. The smallest absolute Gasteiger partial charge is 0.242 e. The van der Waals surface area contributed by atoms with Crippen molar-refractivity contribution >= 4 is 39.1 Å². The third kappa shape index (κ3) is 8.73. The first-order chi connectivity index (χ1) is 18.6. The van der Waals surface area contributed by atoms with E-state index in [1.807, 2.05) is 54.6 Å². The van der Waals surface area contributed by atoms with Crippen LogP contribution in [0.4, 0.5) is 5.69 Å². The summed E-state index contributed by atoms with van der Waals surface area (Å²) in [5.74, 6) is 0.0958. The molecule has 0 saturated carbocycles. The van der Waals surface area contributed by atoms with Gasteiger partial charge in [0, 0.05) is 38.0 Å². The van der Waals surface area contributed by atoms with Crippen molar-refractivity contribution in [2.24, 2.45) is 0 Å². The van der Waals surface area contributed by atoms with Crippen molar-refractivity contribution in [3.05, 3.63) is 95.0 Å². The van der Waals surface area contributed by atoms with Crippen molar-refractivity contribution in [2.75, 3.05) is 31.3 Å². The Labute approximate surface area is 235 Å². The van der Waals surface area contributed by atoms with Crippen LogP contribution in [-0.4, -0.2) is 58.1 Å². The molecule has 2 amide bonds. The van der Waals surface area contributed by atoms with Crippen LogP contribution in [0, 0.1) is 0 Å². The van der Waals surface area contributed by atoms with E-state index in [9.17, 15) is 18.0 Å². The van der Waals surface area contributed by atoms with Gasteiger partial charge in [-0.15, -0.1) is 0 Å². The maximum Gasteiger partial charge on any atom is 0.242 e. The normalized spacial score (nSPS) is 11.9. The van der Waals surface area contributed by atoms with Crippen LogP contribution in [-0.2, 0) is 32.6 Å². The number of benzene rings is 3. The minimum atomic E-state index is -3.61. The summed E-state index contributed by atoms with van der Waals surface area (Å²) in [5.41, 5.74) is 2.15. The lowest BCUT2D eigenvalue weighted by Gasteiger charge is -2.31. The summed E-state index contributed by atoms with van der Waals surface area (Å²) in [7, 11) is -0.499. The number of rotatable bonds is 13. The van der Waals surface area contributed by atoms with Crippen LogP contribution in [0.3, 0.4) is 0 Å². The molecule has 0 fully saturated rings. The average Bonchev–Trinajstić information content (AvgIpc) is 2.92. The molecule has 0 heterocycles. The SMILES string of the molecule is CNC(=O)C(Cc1ccccc1)N(Cc1cccc(OC)c1)C(=O)CCCN(c1cccc(Cl)c1)S(C)(=O)=O. The molecule has 0 aliphatic heterocycles. The number of sulfonamides is 1. The van der Waals surface area contributed by atoms with Crippen LogP contribution in [0.25, 0.3) is 0 Å². The molecule has 208 valence electrons. The van der Waals surface area contributed by atoms with E-state index in [1.165, 1.54) is 4.31 Å². The van der Waals surface area contributed by atoms with Crippen molar-refractivity contribution in [3.8, 4) is 5.75 Å². The molecule has 0 aromatic heterocycles. The molecule has 10 heteroatoms. The first-order valence-electron chi connectivity index (χ1n) is 12.5. The van der Waals surface area contributed by atoms with Crippen molar-refractivity contribution in [1.29, 1.82) is 0 Å². The van der Waals surface area contributed by atoms with Crippen molar-refractivity contribution in [2.45, 2.75) is 31.8 Å². The Bertz CT molecular complexity index is 1370. The second kappa shape index (κ2) is 14.0. The topological polar surface area (TPSA) is 96.0 Å². The summed E-state index contributed by atoms with van der Waals surface area (Å²) in [6, 6.07) is 22.6. The highest BCUT2D eigenvalue weighted by atomic mass is 35.5. The third-order valence-electron chi connectivity index (χ3n) is 6.25. The number of likely N-dealkylation sites (N-methyl/N-ethyl adjacent to an activating group) is 1. The Hall–Kier alpha value is -3.56. The first-order valence-corrected chi connectivity index (χ1v) is 14.8. The van der Waals surface area contributed by atoms with Crippen LogP contribution < -0.4 is 14.4 Å². The monoisotopic (exact) mass is 571 g/mol. The minimum Gasteiger partial charge on any atom is -0.497 e. The number of amides is 2. The predicted octanol–water partition coefficient (Wildman–Crippen LogP) is 4.28. The molecular weight excluding hydrogens is 538 g/mol. The predicted molar refractivity (Wildman–Crippen MR) is 154 cm³/mol. The lowest BCUT2D eigenvalue weighted by atomic mass is 10.0. The second-order valence-corrected chi connectivity index (χ2v) is 11.5. The summed E-state index contributed by atoms with van der Waals surface area (Å²) < 4.78 is 31.6. The molecule has 3 aromatic rings. The fourth-order valence-corrected chi connectivity index (χ4v) is 5.47. The van der Waals surface area contributed by atoms with Gasteiger partial charge in [0.2, 0.25) is 21.8 Å². The molecule has 1 atom stereocenters. The largest absolute Gasteiger partial charge is 0.497 e. The lowest BCUT2D eigenvalue weighted by molar-refractivity contribution is -0.141. The van der Waals surface area contributed by atoms with Crippen LogP contribution in [0.2, 0.25) is 5.02 Å². The van der Waals surface area contributed by atoms with E-state index < -0.39 is 16.1 Å². The maximum atomic E-state index is 13.7. The van der Waals surface area contributed by atoms with E-state index >= 15 is 0 Å². The Kier molecular flexibility index (Phi) is 10.8. The van der Waals surface area contributed by atoms with Gasteiger partial charge in [0.1, 0.15) is 11.8 Å². The van der Waals surface area contributed by atoms with Gasteiger partial charge in [-0.2, -0.15) is 0 Å². The van der Waals surface area contributed by atoms with Gasteiger partial charge >= 0.3 is 0 Å². The number of nitrogens with one attached hydrogen (secondary N) is 1. The zero-order valence-corrected chi connectivity index (χ0v) is 23.9. The van der Waals surface area contributed by atoms with Gasteiger partial charge in [0.15, 0.2) is 0 Å². The molecule has 0 saturated heterocycles. The molecule has 3 aromatic carbocycles. The van der Waals surface area contributed by atoms with Gasteiger partial charge in [-0.25, -0.2) is 8.42 Å². The first kappa shape index (κ1) is 30.0. The Morgan fingerprint density at radius 3 is 2.31 bits per heavy atom. The Morgan fingerprint density at radius 2 is 1.67 bits per heavy atom. The number of methoxy groups -OCH3 is 1. The van der Waals surface area contributed by atoms with Gasteiger partial charge in [-0.05, 0) is 47.9 Å². The number of hydrogen-bond donors (Lipinski definition) is 1. The summed E-state index contributed by atoms with van der Waals surface area (Å²) in [6.45, 7) is 0.270. The Balaban J connectivity index is 1.86. The zero-order chi connectivity index (χ0) is 28.4. The van der Waals surface area contributed by atoms with Gasteiger partial charge in [-0.3, -0.25) is 13.9 Å². The van der Waals surface area contributed by atoms with Crippen LogP contribution >= 0.6 is 11.6 Å². The van der Waals surface area contributed by atoms with Crippen LogP contribution in [0.1, 0.15) is 24.0 Å². The van der Waals surface area contributed by atoms with E-state index in [4.69, 9.17) is 16.3 Å². The van der Waals surface area contributed by atoms with Crippen LogP contribution in [0.15, 0.2) is 78.9 Å². The van der Waals surface area contributed by atoms with E-state index in [-0.39, 0.29) is 37.7 Å². The number of hydrogen-bond acceptors (Lipinski definition) is 5. The summed E-state index contributed by atoms with van der Waals surface area (Å²) in [4.78, 5) is 28.3. The fraction of sp³-hybridized carbons (Fsp3) is 0.310. The third-order valence-corrected chi connectivity index (χ3v) is 7.68. The molecule has 1 N–H and O–H groups in total.